The number of aryl methyl sites for hydroxylation is 1. The number of nitrogens with one attached hydrogen (secondary N) is 1. The molecule has 1 amide bonds. The van der Waals surface area contributed by atoms with Gasteiger partial charge in [-0.15, -0.1) is 0 Å². The van der Waals surface area contributed by atoms with Gasteiger partial charge in [-0.2, -0.15) is 0 Å². The summed E-state index contributed by atoms with van der Waals surface area (Å²) in [6.07, 6.45) is 1.06. The molecular weight excluding hydrogens is 467 g/mol. The number of amides is 1. The highest BCUT2D eigenvalue weighted by Crippen LogP contribution is 2.26. The van der Waals surface area contributed by atoms with Crippen LogP contribution in [0.4, 0.5) is 10.1 Å². The number of hydrogen-bond acceptors (Lipinski definition) is 4. The first-order chi connectivity index (χ1) is 15.6. The Morgan fingerprint density at radius 1 is 1.09 bits per heavy atom. The van der Waals surface area contributed by atoms with Crippen molar-refractivity contribution in [3.63, 3.8) is 0 Å². The molecule has 0 heterocycles. The van der Waals surface area contributed by atoms with Crippen LogP contribution in [0.1, 0.15) is 21.5 Å². The lowest BCUT2D eigenvalue weighted by Gasteiger charge is -2.23. The Kier molecular flexibility index (Phi) is 7.94. The largest absolute Gasteiger partial charge is 0.491 e. The van der Waals surface area contributed by atoms with E-state index in [-0.39, 0.29) is 23.2 Å². The number of rotatable bonds is 9. The van der Waals surface area contributed by atoms with Crippen LogP contribution in [0.2, 0.25) is 5.02 Å². The van der Waals surface area contributed by atoms with Crippen molar-refractivity contribution in [1.29, 1.82) is 0 Å². The molecule has 33 heavy (non-hydrogen) atoms. The molecule has 3 aromatic rings. The van der Waals surface area contributed by atoms with E-state index in [4.69, 9.17) is 16.3 Å². The lowest BCUT2D eigenvalue weighted by atomic mass is 10.1. The average Bonchev–Trinajstić information content (AvgIpc) is 2.77. The summed E-state index contributed by atoms with van der Waals surface area (Å²) < 4.78 is 44.8. The van der Waals surface area contributed by atoms with Gasteiger partial charge in [0.2, 0.25) is 10.0 Å². The van der Waals surface area contributed by atoms with Crippen molar-refractivity contribution in [2.75, 3.05) is 23.7 Å². The number of para-hydroxylation sites is 1. The van der Waals surface area contributed by atoms with Gasteiger partial charge in [0, 0.05) is 5.56 Å². The van der Waals surface area contributed by atoms with Gasteiger partial charge in [0.05, 0.1) is 30.1 Å². The van der Waals surface area contributed by atoms with Gasteiger partial charge in [-0.3, -0.25) is 9.10 Å². The van der Waals surface area contributed by atoms with Gasteiger partial charge in [0.1, 0.15) is 18.2 Å². The van der Waals surface area contributed by atoms with Gasteiger partial charge in [-0.1, -0.05) is 41.9 Å². The molecular formula is C24H24ClFN2O4S. The molecule has 174 valence electrons. The van der Waals surface area contributed by atoms with Crippen LogP contribution in [0.5, 0.6) is 5.75 Å². The van der Waals surface area contributed by atoms with E-state index in [1.54, 1.807) is 24.3 Å². The molecule has 3 rings (SSSR count). The fraction of sp³-hybridized carbons (Fsp3) is 0.208. The third-order valence-electron chi connectivity index (χ3n) is 4.87. The molecule has 3 aromatic carbocycles. The molecule has 0 unspecified atom stereocenters. The molecule has 6 nitrogen and oxygen atoms in total. The normalized spacial score (nSPS) is 11.2. The minimum Gasteiger partial charge on any atom is -0.491 e. The number of halogens is 2. The molecule has 0 aliphatic heterocycles. The number of sulfonamides is 1. The number of nitrogens with zero attached hydrogens (tertiary/aromatic N) is 1. The molecule has 0 atom stereocenters. The summed E-state index contributed by atoms with van der Waals surface area (Å²) in [4.78, 5) is 12.4. The number of carbonyl (C=O) groups is 1. The van der Waals surface area contributed by atoms with Crippen molar-refractivity contribution in [2.45, 2.75) is 13.5 Å². The van der Waals surface area contributed by atoms with Crippen LogP contribution in [0, 0.1) is 12.7 Å². The number of anilines is 1. The van der Waals surface area contributed by atoms with Gasteiger partial charge >= 0.3 is 0 Å². The average molecular weight is 491 g/mol. The summed E-state index contributed by atoms with van der Waals surface area (Å²) in [6, 6.07) is 17.9. The Morgan fingerprint density at radius 2 is 1.79 bits per heavy atom. The van der Waals surface area contributed by atoms with Crippen LogP contribution in [-0.2, 0) is 16.6 Å². The highest BCUT2D eigenvalue weighted by atomic mass is 35.5. The van der Waals surface area contributed by atoms with Gasteiger partial charge in [-0.25, -0.2) is 12.8 Å². The molecule has 0 radical (unpaired) electrons. The lowest BCUT2D eigenvalue weighted by Crippen LogP contribution is -2.29. The second kappa shape index (κ2) is 10.7. The molecule has 0 bridgehead atoms. The van der Waals surface area contributed by atoms with Crippen molar-refractivity contribution in [2.24, 2.45) is 0 Å². The van der Waals surface area contributed by atoms with Crippen molar-refractivity contribution < 1.29 is 22.3 Å². The van der Waals surface area contributed by atoms with E-state index in [9.17, 15) is 17.6 Å². The molecule has 9 heteroatoms. The maximum atomic E-state index is 13.5. The van der Waals surface area contributed by atoms with Gasteiger partial charge in [0.15, 0.2) is 0 Å². The highest BCUT2D eigenvalue weighted by Gasteiger charge is 2.19. The zero-order valence-corrected chi connectivity index (χ0v) is 19.8. The van der Waals surface area contributed by atoms with Crippen molar-refractivity contribution >= 4 is 33.2 Å². The van der Waals surface area contributed by atoms with Crippen molar-refractivity contribution in [1.82, 2.24) is 5.32 Å². The van der Waals surface area contributed by atoms with Crippen molar-refractivity contribution in [3.8, 4) is 5.75 Å². The third-order valence-corrected chi connectivity index (χ3v) is 6.30. The molecule has 0 saturated carbocycles. The topological polar surface area (TPSA) is 75.7 Å². The summed E-state index contributed by atoms with van der Waals surface area (Å²) in [6.45, 7) is 2.62. The van der Waals surface area contributed by atoms with E-state index < -0.39 is 15.8 Å². The van der Waals surface area contributed by atoms with E-state index in [2.05, 4.69) is 5.32 Å². The predicted octanol–water partition coefficient (Wildman–Crippen LogP) is 4.56. The molecule has 0 saturated heterocycles. The van der Waals surface area contributed by atoms with Gasteiger partial charge in [0.25, 0.3) is 5.91 Å². The maximum Gasteiger partial charge on any atom is 0.251 e. The van der Waals surface area contributed by atoms with Gasteiger partial charge < -0.3 is 10.1 Å². The first-order valence-electron chi connectivity index (χ1n) is 10.1. The third kappa shape index (κ3) is 6.69. The highest BCUT2D eigenvalue weighted by molar-refractivity contribution is 7.92. The van der Waals surface area contributed by atoms with Crippen LogP contribution < -0.4 is 14.4 Å². The van der Waals surface area contributed by atoms with Crippen LogP contribution in [-0.4, -0.2) is 33.7 Å². The van der Waals surface area contributed by atoms with Crippen LogP contribution in [0.25, 0.3) is 0 Å². The zero-order chi connectivity index (χ0) is 24.0. The lowest BCUT2D eigenvalue weighted by molar-refractivity contribution is 0.0947. The molecule has 0 aliphatic rings. The maximum absolute atomic E-state index is 13.5. The fourth-order valence-electron chi connectivity index (χ4n) is 3.11. The number of hydrogen-bond donors (Lipinski definition) is 1. The van der Waals surface area contributed by atoms with E-state index >= 15 is 0 Å². The summed E-state index contributed by atoms with van der Waals surface area (Å²) in [5, 5.41) is 2.62. The smallest absolute Gasteiger partial charge is 0.251 e. The Bertz CT molecular complexity index is 1230. The first-order valence-corrected chi connectivity index (χ1v) is 12.4. The molecule has 1 N–H and O–H groups in total. The predicted molar refractivity (Wildman–Crippen MR) is 128 cm³/mol. The summed E-state index contributed by atoms with van der Waals surface area (Å²) >= 11 is 5.81. The minimum absolute atomic E-state index is 0.00691. The van der Waals surface area contributed by atoms with Crippen LogP contribution in [0.3, 0.4) is 0 Å². The van der Waals surface area contributed by atoms with E-state index in [0.717, 1.165) is 27.9 Å². The number of carbonyl (C=O) groups excluding carboxylic acids is 1. The Balaban J connectivity index is 1.60. The zero-order valence-electron chi connectivity index (χ0n) is 18.2. The first kappa shape index (κ1) is 24.5. The molecule has 0 aliphatic carbocycles. The monoisotopic (exact) mass is 490 g/mol. The quantitative estimate of drug-likeness (QED) is 0.446. The fourth-order valence-corrected chi connectivity index (χ4v) is 4.17. The summed E-state index contributed by atoms with van der Waals surface area (Å²) in [7, 11) is -3.65. The van der Waals surface area contributed by atoms with Crippen LogP contribution >= 0.6 is 11.6 Å². The SMILES string of the molecule is Cc1ccccc1OCCNC(=O)c1ccc(CN(c2ccc(F)c(Cl)c2)S(C)(=O)=O)cc1. The Labute approximate surface area is 198 Å². The van der Waals surface area contributed by atoms with E-state index in [0.29, 0.717) is 24.3 Å². The van der Waals surface area contributed by atoms with Crippen LogP contribution in [0.15, 0.2) is 66.7 Å². The standard InChI is InChI=1S/C24H24ClFN2O4S/c1-17-5-3-4-6-23(17)32-14-13-27-24(29)19-9-7-18(8-10-19)16-28(33(2,30)31)20-11-12-22(26)21(25)15-20/h3-12,15H,13-14,16H2,1-2H3,(H,27,29). The summed E-state index contributed by atoms with van der Waals surface area (Å²) in [5.41, 5.74) is 2.36. The Morgan fingerprint density at radius 3 is 2.42 bits per heavy atom. The summed E-state index contributed by atoms with van der Waals surface area (Å²) in [5.74, 6) is -0.122. The molecule has 0 aromatic heterocycles. The molecule has 0 spiro atoms. The van der Waals surface area contributed by atoms with Crippen molar-refractivity contribution in [3.05, 3.63) is 94.3 Å². The minimum atomic E-state index is -3.65. The Hall–Kier alpha value is -3.10. The number of ether oxygens (including phenoxy) is 1. The van der Waals surface area contributed by atoms with Gasteiger partial charge in [-0.05, 0) is 54.4 Å². The number of benzene rings is 3. The molecule has 0 fully saturated rings. The van der Waals surface area contributed by atoms with E-state index in [1.165, 1.54) is 12.1 Å². The second-order valence-corrected chi connectivity index (χ2v) is 9.75. The van der Waals surface area contributed by atoms with E-state index in [1.807, 2.05) is 31.2 Å². The second-order valence-electron chi connectivity index (χ2n) is 7.43.